The van der Waals surface area contributed by atoms with Crippen LogP contribution in [-0.2, 0) is 16.6 Å². The molecule has 5 nitrogen and oxygen atoms in total. The molecular formula is C23H28N2O3. The maximum Gasteiger partial charge on any atom is 0.166 e. The summed E-state index contributed by atoms with van der Waals surface area (Å²) in [4.78, 5) is 2.62. The minimum Gasteiger partial charge on any atom is -0.493 e. The van der Waals surface area contributed by atoms with Gasteiger partial charge in [-0.2, -0.15) is 0 Å². The quantitative estimate of drug-likeness (QED) is 0.792. The number of rotatable bonds is 2. The van der Waals surface area contributed by atoms with Gasteiger partial charge in [0.25, 0.3) is 0 Å². The summed E-state index contributed by atoms with van der Waals surface area (Å²) in [5.74, 6) is 2.91. The molecule has 0 amide bonds. The molecule has 1 saturated carbocycles. The van der Waals surface area contributed by atoms with Crippen molar-refractivity contribution in [2.24, 2.45) is 17.3 Å². The zero-order chi connectivity index (χ0) is 18.9. The van der Waals surface area contributed by atoms with Crippen molar-refractivity contribution >= 4 is 0 Å². The summed E-state index contributed by atoms with van der Waals surface area (Å²) in [5.41, 5.74) is 2.62. The third kappa shape index (κ3) is 1.33. The van der Waals surface area contributed by atoms with Gasteiger partial charge in [-0.05, 0) is 50.5 Å². The highest BCUT2D eigenvalue weighted by atomic mass is 16.6. The molecule has 148 valence electrons. The van der Waals surface area contributed by atoms with Crippen LogP contribution in [0.15, 0.2) is 24.3 Å². The highest BCUT2D eigenvalue weighted by Gasteiger charge is 2.82. The number of hydrogen-bond acceptors (Lipinski definition) is 5. The molecule has 2 saturated heterocycles. The van der Waals surface area contributed by atoms with Crippen LogP contribution in [0.25, 0.3) is 0 Å². The van der Waals surface area contributed by atoms with Gasteiger partial charge in [-0.3, -0.25) is 0 Å². The van der Waals surface area contributed by atoms with Crippen LogP contribution in [0.5, 0.6) is 11.5 Å². The van der Waals surface area contributed by atoms with Crippen LogP contribution in [0.4, 0.5) is 0 Å². The Hall–Kier alpha value is -1.56. The molecule has 1 aromatic rings. The Balaban J connectivity index is 1.62. The molecule has 1 N–H and O–H groups in total. The summed E-state index contributed by atoms with van der Waals surface area (Å²) in [6, 6.07) is 4.91. The van der Waals surface area contributed by atoms with Crippen molar-refractivity contribution in [1.82, 2.24) is 10.2 Å². The maximum atomic E-state index is 6.92. The molecule has 3 fully saturated rings. The predicted molar refractivity (Wildman–Crippen MR) is 105 cm³/mol. The van der Waals surface area contributed by atoms with E-state index in [2.05, 4.69) is 41.5 Å². The van der Waals surface area contributed by atoms with Gasteiger partial charge in [-0.1, -0.05) is 18.2 Å². The van der Waals surface area contributed by atoms with Crippen molar-refractivity contribution in [3.63, 3.8) is 0 Å². The lowest BCUT2D eigenvalue weighted by Crippen LogP contribution is -2.81. The molecule has 3 aliphatic heterocycles. The van der Waals surface area contributed by atoms with Gasteiger partial charge in [0.1, 0.15) is 11.7 Å². The first-order valence-corrected chi connectivity index (χ1v) is 10.7. The Bertz CT molecular complexity index is 931. The Morgan fingerprint density at radius 3 is 2.86 bits per heavy atom. The molecule has 8 rings (SSSR count). The Labute approximate surface area is 166 Å². The van der Waals surface area contributed by atoms with E-state index in [1.54, 1.807) is 7.11 Å². The van der Waals surface area contributed by atoms with Crippen molar-refractivity contribution in [3.05, 3.63) is 35.4 Å². The van der Waals surface area contributed by atoms with E-state index < -0.39 is 0 Å². The largest absolute Gasteiger partial charge is 0.493 e. The van der Waals surface area contributed by atoms with E-state index in [9.17, 15) is 0 Å². The maximum absolute atomic E-state index is 6.92. The highest BCUT2D eigenvalue weighted by Crippen LogP contribution is 2.76. The Morgan fingerprint density at radius 2 is 2.04 bits per heavy atom. The summed E-state index contributed by atoms with van der Waals surface area (Å²) in [6.07, 6.45) is 7.20. The smallest absolute Gasteiger partial charge is 0.166 e. The molecule has 7 aliphatic rings. The fraction of sp³-hybridized carbons (Fsp3) is 0.652. The molecule has 1 aromatic carbocycles. The van der Waals surface area contributed by atoms with Crippen LogP contribution in [0.3, 0.4) is 0 Å². The molecule has 4 bridgehead atoms. The Morgan fingerprint density at radius 1 is 1.18 bits per heavy atom. The lowest BCUT2D eigenvalue weighted by Gasteiger charge is -2.73. The highest BCUT2D eigenvalue weighted by molar-refractivity contribution is 5.66. The van der Waals surface area contributed by atoms with Gasteiger partial charge in [0, 0.05) is 36.6 Å². The number of benzene rings is 1. The number of piperidine rings is 1. The number of likely N-dealkylation sites (tertiary alicyclic amines) is 1. The van der Waals surface area contributed by atoms with Gasteiger partial charge in [-0.25, -0.2) is 0 Å². The predicted octanol–water partition coefficient (Wildman–Crippen LogP) is 1.74. The summed E-state index contributed by atoms with van der Waals surface area (Å²) in [6.45, 7) is 3.20. The summed E-state index contributed by atoms with van der Waals surface area (Å²) in [5, 5.41) is 3.72. The SMILES string of the molecule is COc1ccc2c3c1O[C@H]1[C@@]4(OC)C=C[C@@]5([C@@H]6CNC[C@@H]64)[C@@H](C2)N(C)CC[C@]315. The number of methoxy groups -OCH3 is 2. The molecule has 0 radical (unpaired) electrons. The second-order valence-electron chi connectivity index (χ2n) is 9.75. The van der Waals surface area contributed by atoms with E-state index in [4.69, 9.17) is 14.2 Å². The van der Waals surface area contributed by atoms with Crippen molar-refractivity contribution in [2.45, 2.75) is 36.0 Å². The molecule has 28 heavy (non-hydrogen) atoms. The van der Waals surface area contributed by atoms with Crippen molar-refractivity contribution in [2.75, 3.05) is 40.9 Å². The van der Waals surface area contributed by atoms with Crippen LogP contribution in [0, 0.1) is 17.3 Å². The molecule has 0 aromatic heterocycles. The molecule has 4 aliphatic carbocycles. The van der Waals surface area contributed by atoms with Gasteiger partial charge in [-0.15, -0.1) is 0 Å². The molecule has 2 spiro atoms. The second-order valence-corrected chi connectivity index (χ2v) is 9.75. The van der Waals surface area contributed by atoms with Crippen molar-refractivity contribution < 1.29 is 14.2 Å². The van der Waals surface area contributed by atoms with Crippen molar-refractivity contribution in [3.8, 4) is 11.5 Å². The first-order valence-electron chi connectivity index (χ1n) is 10.7. The van der Waals surface area contributed by atoms with Crippen molar-refractivity contribution in [1.29, 1.82) is 0 Å². The summed E-state index contributed by atoms with van der Waals surface area (Å²) in [7, 11) is 5.97. The van der Waals surface area contributed by atoms with E-state index in [-0.39, 0.29) is 22.5 Å². The lowest BCUT2D eigenvalue weighted by atomic mass is 9.34. The number of ether oxygens (including phenoxy) is 3. The number of nitrogens with one attached hydrogen (secondary N) is 1. The minimum atomic E-state index is -0.366. The number of hydrogen-bond donors (Lipinski definition) is 1. The Kier molecular flexibility index (Phi) is 2.77. The third-order valence-corrected chi connectivity index (χ3v) is 9.48. The van der Waals surface area contributed by atoms with E-state index in [0.717, 1.165) is 44.0 Å². The number of nitrogens with zero attached hydrogens (tertiary/aromatic N) is 1. The van der Waals surface area contributed by atoms with Gasteiger partial charge in [0.15, 0.2) is 11.5 Å². The topological polar surface area (TPSA) is 43.0 Å². The van der Waals surface area contributed by atoms with E-state index >= 15 is 0 Å². The van der Waals surface area contributed by atoms with E-state index in [0.29, 0.717) is 17.9 Å². The van der Waals surface area contributed by atoms with Gasteiger partial charge >= 0.3 is 0 Å². The standard InChI is InChI=1S/C23H28N2O3/c1-25-9-8-22-18-13-4-5-16(26-2)19(18)28-20(22)23(27-3)7-6-21(22,17(25)10-13)14-11-24-12-15(14)23/h4-7,14-15,17,20,24H,8-12H2,1-3H3/t14-,15+,17-,20-,21-,22+,23-/m1/s1. The van der Waals surface area contributed by atoms with Gasteiger partial charge in [0.2, 0.25) is 0 Å². The fourth-order valence-corrected chi connectivity index (χ4v) is 8.60. The molecular weight excluding hydrogens is 352 g/mol. The van der Waals surface area contributed by atoms with E-state index in [1.807, 2.05) is 7.11 Å². The number of likely N-dealkylation sites (N-methyl/N-ethyl adjacent to an activating group) is 1. The van der Waals surface area contributed by atoms with Crippen LogP contribution < -0.4 is 14.8 Å². The third-order valence-electron chi connectivity index (χ3n) is 9.48. The lowest BCUT2D eigenvalue weighted by molar-refractivity contribution is -0.230. The van der Waals surface area contributed by atoms with Gasteiger partial charge < -0.3 is 24.4 Å². The average Bonchev–Trinajstić information content (AvgIpc) is 3.35. The first kappa shape index (κ1) is 16.3. The normalized spacial score (nSPS) is 49.0. The zero-order valence-electron chi connectivity index (χ0n) is 16.8. The van der Waals surface area contributed by atoms with E-state index in [1.165, 1.54) is 11.1 Å². The molecule has 5 heteroatoms. The molecule has 0 unspecified atom stereocenters. The van der Waals surface area contributed by atoms with Crippen LogP contribution in [-0.4, -0.2) is 63.5 Å². The summed E-state index contributed by atoms with van der Waals surface area (Å²) < 4.78 is 19.1. The molecule has 7 atom stereocenters. The van der Waals surface area contributed by atoms with Gasteiger partial charge in [0.05, 0.1) is 12.5 Å². The fourth-order valence-electron chi connectivity index (χ4n) is 8.60. The zero-order valence-corrected chi connectivity index (χ0v) is 16.8. The molecule has 3 heterocycles. The average molecular weight is 380 g/mol. The van der Waals surface area contributed by atoms with Crippen LogP contribution >= 0.6 is 0 Å². The minimum absolute atomic E-state index is 0.0143. The first-order chi connectivity index (χ1) is 13.6. The van der Waals surface area contributed by atoms with Crippen LogP contribution in [0.2, 0.25) is 0 Å². The van der Waals surface area contributed by atoms with Crippen LogP contribution in [0.1, 0.15) is 17.5 Å². The summed E-state index contributed by atoms with van der Waals surface area (Å²) >= 11 is 0. The monoisotopic (exact) mass is 380 g/mol. The second kappa shape index (κ2) is 4.77.